The van der Waals surface area contributed by atoms with E-state index < -0.39 is 29.8 Å². The first-order valence-electron chi connectivity index (χ1n) is 9.02. The van der Waals surface area contributed by atoms with Crippen LogP contribution in [0.15, 0.2) is 41.8 Å². The van der Waals surface area contributed by atoms with E-state index in [4.69, 9.17) is 22.1 Å². The molecule has 1 saturated carbocycles. The number of nitrogens with two attached hydrogens (primary N) is 1. The van der Waals surface area contributed by atoms with Gasteiger partial charge >= 0.3 is 0 Å². The predicted octanol–water partition coefficient (Wildman–Crippen LogP) is 3.75. The van der Waals surface area contributed by atoms with Gasteiger partial charge in [-0.25, -0.2) is 33.1 Å². The Morgan fingerprint density at radius 2 is 2.07 bits per heavy atom. The fraction of sp³-hybridized carbons (Fsp3) is 0.263. The molecule has 0 amide bonds. The van der Waals surface area contributed by atoms with Gasteiger partial charge in [-0.05, 0) is 30.7 Å². The van der Waals surface area contributed by atoms with E-state index in [1.165, 1.54) is 24.7 Å². The normalized spacial score (nSPS) is 24.9. The molecular formula is C19H14ClF3N6O. The Kier molecular flexibility index (Phi) is 4.21. The number of hydrogen-bond acceptors (Lipinski definition) is 7. The van der Waals surface area contributed by atoms with Crippen LogP contribution in [0.4, 0.5) is 24.7 Å². The van der Waals surface area contributed by atoms with Crippen LogP contribution in [0.5, 0.6) is 0 Å². The van der Waals surface area contributed by atoms with Gasteiger partial charge in [-0.3, -0.25) is 0 Å². The molecular weight excluding hydrogens is 421 g/mol. The third-order valence-corrected chi connectivity index (χ3v) is 5.51. The standard InChI is InChI=1S/C19H14ClF3N6O/c20-8-3-13-15(25-6-8)16(27-7-26-13)28-9-1-2-12(21)10(4-9)19(17(22)23)11-5-14(11)30-18(24)29-19/h1-4,6-7,11,14,17H,5H2,(H2,24,29)(H,26,27,28)/t11-,14+,19+/m0/s1. The molecule has 0 radical (unpaired) electrons. The second-order valence-corrected chi connectivity index (χ2v) is 7.57. The number of aliphatic imine (C=N–C) groups is 1. The van der Waals surface area contributed by atoms with Crippen LogP contribution in [-0.2, 0) is 10.3 Å². The van der Waals surface area contributed by atoms with E-state index in [-0.39, 0.29) is 11.6 Å². The van der Waals surface area contributed by atoms with Crippen LogP contribution >= 0.6 is 11.6 Å². The molecule has 1 fully saturated rings. The molecule has 1 aliphatic carbocycles. The molecule has 1 aliphatic heterocycles. The van der Waals surface area contributed by atoms with Gasteiger partial charge in [0.15, 0.2) is 11.4 Å². The third-order valence-electron chi connectivity index (χ3n) is 5.30. The second-order valence-electron chi connectivity index (χ2n) is 7.14. The monoisotopic (exact) mass is 434 g/mol. The molecule has 30 heavy (non-hydrogen) atoms. The number of alkyl halides is 2. The van der Waals surface area contributed by atoms with Crippen LogP contribution in [-0.4, -0.2) is 33.5 Å². The maximum atomic E-state index is 14.7. The lowest BCUT2D eigenvalue weighted by Crippen LogP contribution is -2.43. The molecule has 11 heteroatoms. The van der Waals surface area contributed by atoms with Crippen molar-refractivity contribution < 1.29 is 17.9 Å². The van der Waals surface area contributed by atoms with E-state index in [1.807, 2.05) is 0 Å². The van der Waals surface area contributed by atoms with Gasteiger partial charge in [0.25, 0.3) is 12.4 Å². The van der Waals surface area contributed by atoms with Crippen LogP contribution < -0.4 is 11.1 Å². The summed E-state index contributed by atoms with van der Waals surface area (Å²) in [4.78, 5) is 16.3. The van der Waals surface area contributed by atoms with Crippen molar-refractivity contribution in [2.45, 2.75) is 24.5 Å². The molecule has 2 aliphatic rings. The van der Waals surface area contributed by atoms with Gasteiger partial charge in [0, 0.05) is 23.4 Å². The smallest absolute Gasteiger partial charge is 0.283 e. The highest BCUT2D eigenvalue weighted by Crippen LogP contribution is 2.56. The molecule has 154 valence electrons. The summed E-state index contributed by atoms with van der Waals surface area (Å²) in [6.07, 6.45) is -0.387. The summed E-state index contributed by atoms with van der Waals surface area (Å²) in [5.74, 6) is -1.14. The molecule has 0 bridgehead atoms. The highest BCUT2D eigenvalue weighted by atomic mass is 35.5. The zero-order valence-electron chi connectivity index (χ0n) is 15.2. The molecule has 3 heterocycles. The predicted molar refractivity (Wildman–Crippen MR) is 104 cm³/mol. The number of nitrogens with one attached hydrogen (secondary N) is 1. The van der Waals surface area contributed by atoms with E-state index in [0.29, 0.717) is 34.0 Å². The molecule has 3 N–H and O–H groups in total. The Hall–Kier alpha value is -3.14. The molecule has 3 aromatic rings. The summed E-state index contributed by atoms with van der Waals surface area (Å²) < 4.78 is 48.5. The molecule has 7 nitrogen and oxygen atoms in total. The number of benzene rings is 1. The van der Waals surface area contributed by atoms with Crippen molar-refractivity contribution in [1.82, 2.24) is 15.0 Å². The van der Waals surface area contributed by atoms with Gasteiger partial charge in [-0.1, -0.05) is 11.6 Å². The molecule has 1 aromatic carbocycles. The zero-order valence-corrected chi connectivity index (χ0v) is 15.9. The number of pyridine rings is 1. The highest BCUT2D eigenvalue weighted by Gasteiger charge is 2.64. The summed E-state index contributed by atoms with van der Waals surface area (Å²) in [6.45, 7) is 0. The first kappa shape index (κ1) is 18.9. The number of rotatable bonds is 4. The van der Waals surface area contributed by atoms with E-state index >= 15 is 0 Å². The SMILES string of the molecule is NC1=N[C@@](c2cc(Nc3ncnc4cc(Cl)cnc34)ccc2F)(C(F)F)[C@H]2C[C@H]2O1. The third kappa shape index (κ3) is 2.90. The minimum absolute atomic E-state index is 0.254. The minimum Gasteiger partial charge on any atom is -0.462 e. The molecule has 0 saturated heterocycles. The second kappa shape index (κ2) is 6.69. The Bertz CT molecular complexity index is 1190. The molecule has 0 unspecified atom stereocenters. The maximum Gasteiger partial charge on any atom is 0.283 e. The summed E-state index contributed by atoms with van der Waals surface area (Å²) >= 11 is 5.94. The van der Waals surface area contributed by atoms with Crippen molar-refractivity contribution in [3.63, 3.8) is 0 Å². The topological polar surface area (TPSA) is 98.3 Å². The molecule has 2 aromatic heterocycles. The Labute approximate surface area is 173 Å². The van der Waals surface area contributed by atoms with Crippen LogP contribution in [0.3, 0.4) is 0 Å². The van der Waals surface area contributed by atoms with Crippen molar-refractivity contribution in [1.29, 1.82) is 0 Å². The summed E-state index contributed by atoms with van der Waals surface area (Å²) in [5, 5.41) is 3.40. The van der Waals surface area contributed by atoms with E-state index in [1.54, 1.807) is 6.07 Å². The number of ether oxygens (including phenoxy) is 1. The van der Waals surface area contributed by atoms with Crippen LogP contribution in [0, 0.1) is 11.7 Å². The van der Waals surface area contributed by atoms with Crippen molar-refractivity contribution in [3.05, 3.63) is 53.2 Å². The van der Waals surface area contributed by atoms with Crippen LogP contribution in [0.2, 0.25) is 5.02 Å². The average molecular weight is 435 g/mol. The number of aromatic nitrogens is 3. The summed E-state index contributed by atoms with van der Waals surface area (Å²) in [6, 6.07) is 5.07. The average Bonchev–Trinajstić information content (AvgIpc) is 3.48. The number of fused-ring (bicyclic) bond motifs is 2. The van der Waals surface area contributed by atoms with Gasteiger partial charge in [-0.15, -0.1) is 0 Å². The van der Waals surface area contributed by atoms with Crippen molar-refractivity contribution in [2.24, 2.45) is 16.6 Å². The fourth-order valence-electron chi connectivity index (χ4n) is 3.86. The number of anilines is 2. The largest absolute Gasteiger partial charge is 0.462 e. The molecule has 5 rings (SSSR count). The lowest BCUT2D eigenvalue weighted by molar-refractivity contribution is 0.0177. The first-order valence-corrected chi connectivity index (χ1v) is 9.39. The number of halogens is 4. The highest BCUT2D eigenvalue weighted by molar-refractivity contribution is 6.31. The molecule has 3 atom stereocenters. The van der Waals surface area contributed by atoms with Crippen molar-refractivity contribution >= 4 is 40.2 Å². The number of nitrogens with zero attached hydrogens (tertiary/aromatic N) is 4. The van der Waals surface area contributed by atoms with Gasteiger partial charge in [0.2, 0.25) is 0 Å². The number of hydrogen-bond donors (Lipinski definition) is 2. The van der Waals surface area contributed by atoms with Crippen LogP contribution in [0.25, 0.3) is 11.0 Å². The number of amidine groups is 1. The minimum atomic E-state index is -2.97. The lowest BCUT2D eigenvalue weighted by Gasteiger charge is -2.33. The summed E-state index contributed by atoms with van der Waals surface area (Å²) in [5.41, 5.74) is 4.50. The van der Waals surface area contributed by atoms with E-state index in [9.17, 15) is 13.2 Å². The fourth-order valence-corrected chi connectivity index (χ4v) is 4.01. The van der Waals surface area contributed by atoms with Gasteiger partial charge < -0.3 is 15.8 Å². The van der Waals surface area contributed by atoms with Crippen LogP contribution in [0.1, 0.15) is 12.0 Å². The summed E-state index contributed by atoms with van der Waals surface area (Å²) in [7, 11) is 0. The Balaban J connectivity index is 1.59. The maximum absolute atomic E-state index is 14.7. The van der Waals surface area contributed by atoms with Gasteiger partial charge in [-0.2, -0.15) is 0 Å². The molecule has 0 spiro atoms. The lowest BCUT2D eigenvalue weighted by atomic mass is 9.84. The Morgan fingerprint density at radius 1 is 1.23 bits per heavy atom. The van der Waals surface area contributed by atoms with Crippen molar-refractivity contribution in [2.75, 3.05) is 5.32 Å². The Morgan fingerprint density at radius 3 is 2.87 bits per heavy atom. The first-order chi connectivity index (χ1) is 14.4. The zero-order chi connectivity index (χ0) is 21.0. The quantitative estimate of drug-likeness (QED) is 0.649. The van der Waals surface area contributed by atoms with E-state index in [0.717, 1.165) is 6.07 Å². The van der Waals surface area contributed by atoms with Crippen molar-refractivity contribution in [3.8, 4) is 0 Å². The van der Waals surface area contributed by atoms with Gasteiger partial charge in [0.05, 0.1) is 10.5 Å². The van der Waals surface area contributed by atoms with Gasteiger partial charge in [0.1, 0.15) is 23.8 Å². The van der Waals surface area contributed by atoms with E-state index in [2.05, 4.69) is 25.3 Å².